The molecular formula is C21H26O2. The minimum Gasteiger partial charge on any atom is -0.422 e. The van der Waals surface area contributed by atoms with Crippen LogP contribution in [-0.2, 0) is 12.8 Å². The van der Waals surface area contributed by atoms with Crippen molar-refractivity contribution in [2.24, 2.45) is 0 Å². The highest BCUT2D eigenvalue weighted by atomic mass is 16.5. The molecule has 0 unspecified atom stereocenters. The van der Waals surface area contributed by atoms with Gasteiger partial charge in [-0.2, -0.15) is 0 Å². The number of aryl methyl sites for hydroxylation is 2. The molecule has 0 saturated heterocycles. The summed E-state index contributed by atoms with van der Waals surface area (Å²) in [6.07, 6.45) is 6.37. The molecule has 23 heavy (non-hydrogen) atoms. The lowest BCUT2D eigenvalue weighted by Crippen LogP contribution is -2.11. The molecule has 0 aliphatic carbocycles. The van der Waals surface area contributed by atoms with Crippen LogP contribution in [-0.4, -0.2) is 5.97 Å². The first kappa shape index (κ1) is 17.3. The second-order valence-corrected chi connectivity index (χ2v) is 5.87. The standard InChI is InChI=1S/C21H26O2/c1-3-5-11-17-15-10-16-18(12-6-4-2)20(17)23-21(22)19-13-8-7-9-14-19/h7-10,13-16H,3-6,11-12H2,1-2H3. The van der Waals surface area contributed by atoms with Crippen LogP contribution >= 0.6 is 0 Å². The minimum absolute atomic E-state index is 0.271. The summed E-state index contributed by atoms with van der Waals surface area (Å²) in [6, 6.07) is 15.5. The smallest absolute Gasteiger partial charge is 0.343 e. The van der Waals surface area contributed by atoms with Crippen LogP contribution in [0.1, 0.15) is 61.0 Å². The number of para-hydroxylation sites is 1. The van der Waals surface area contributed by atoms with E-state index >= 15 is 0 Å². The van der Waals surface area contributed by atoms with Crippen LogP contribution in [0.5, 0.6) is 5.75 Å². The van der Waals surface area contributed by atoms with Gasteiger partial charge in [0.25, 0.3) is 0 Å². The topological polar surface area (TPSA) is 26.3 Å². The van der Waals surface area contributed by atoms with Gasteiger partial charge in [0.1, 0.15) is 5.75 Å². The molecular weight excluding hydrogens is 284 g/mol. The van der Waals surface area contributed by atoms with E-state index in [1.54, 1.807) is 12.1 Å². The van der Waals surface area contributed by atoms with Crippen LogP contribution in [0.4, 0.5) is 0 Å². The highest BCUT2D eigenvalue weighted by molar-refractivity contribution is 5.91. The van der Waals surface area contributed by atoms with Crippen LogP contribution in [0, 0.1) is 0 Å². The number of rotatable bonds is 8. The zero-order chi connectivity index (χ0) is 16.5. The molecule has 0 radical (unpaired) electrons. The normalized spacial score (nSPS) is 10.5. The molecule has 0 aliphatic rings. The Morgan fingerprint density at radius 1 is 0.826 bits per heavy atom. The van der Waals surface area contributed by atoms with E-state index in [1.807, 2.05) is 18.2 Å². The molecule has 122 valence electrons. The number of carbonyl (C=O) groups is 1. The Bertz CT molecular complexity index is 591. The van der Waals surface area contributed by atoms with Crippen molar-refractivity contribution in [3.63, 3.8) is 0 Å². The van der Waals surface area contributed by atoms with Gasteiger partial charge in [-0.15, -0.1) is 0 Å². The molecule has 2 rings (SSSR count). The van der Waals surface area contributed by atoms with E-state index in [9.17, 15) is 4.79 Å². The maximum Gasteiger partial charge on any atom is 0.343 e. The predicted octanol–water partition coefficient (Wildman–Crippen LogP) is 5.59. The molecule has 2 aromatic carbocycles. The first-order valence-corrected chi connectivity index (χ1v) is 8.64. The van der Waals surface area contributed by atoms with E-state index in [1.165, 1.54) is 0 Å². The maximum absolute atomic E-state index is 12.4. The molecule has 0 bridgehead atoms. The van der Waals surface area contributed by atoms with Gasteiger partial charge >= 0.3 is 5.97 Å². The third-order valence-corrected chi connectivity index (χ3v) is 3.98. The Morgan fingerprint density at radius 2 is 1.39 bits per heavy atom. The van der Waals surface area contributed by atoms with Crippen molar-refractivity contribution >= 4 is 5.97 Å². The van der Waals surface area contributed by atoms with Crippen LogP contribution in [0.2, 0.25) is 0 Å². The molecule has 0 aromatic heterocycles. The van der Waals surface area contributed by atoms with Crippen molar-refractivity contribution < 1.29 is 9.53 Å². The van der Waals surface area contributed by atoms with Gasteiger partial charge in [0.2, 0.25) is 0 Å². The highest BCUT2D eigenvalue weighted by Gasteiger charge is 2.15. The number of benzene rings is 2. The van der Waals surface area contributed by atoms with Crippen molar-refractivity contribution in [1.29, 1.82) is 0 Å². The fourth-order valence-corrected chi connectivity index (χ4v) is 2.62. The summed E-state index contributed by atoms with van der Waals surface area (Å²) in [5.41, 5.74) is 2.88. The van der Waals surface area contributed by atoms with E-state index in [0.717, 1.165) is 55.4 Å². The fourth-order valence-electron chi connectivity index (χ4n) is 2.62. The number of hydrogen-bond acceptors (Lipinski definition) is 2. The van der Waals surface area contributed by atoms with E-state index < -0.39 is 0 Å². The molecule has 0 fully saturated rings. The summed E-state index contributed by atoms with van der Waals surface area (Å²) in [6.45, 7) is 4.35. The lowest BCUT2D eigenvalue weighted by atomic mass is 10.00. The summed E-state index contributed by atoms with van der Waals surface area (Å²) in [4.78, 5) is 12.4. The lowest BCUT2D eigenvalue weighted by molar-refractivity contribution is 0.0731. The Hall–Kier alpha value is -2.09. The molecule has 0 saturated carbocycles. The number of esters is 1. The Labute approximate surface area is 139 Å². The Morgan fingerprint density at radius 3 is 1.91 bits per heavy atom. The third-order valence-electron chi connectivity index (χ3n) is 3.98. The molecule has 2 aromatic rings. The molecule has 2 nitrogen and oxygen atoms in total. The molecule has 0 N–H and O–H groups in total. The molecule has 0 amide bonds. The van der Waals surface area contributed by atoms with Crippen molar-refractivity contribution in [3.05, 3.63) is 65.2 Å². The molecule has 0 aliphatic heterocycles. The fraction of sp³-hybridized carbons (Fsp3) is 0.381. The van der Waals surface area contributed by atoms with Crippen LogP contribution in [0.25, 0.3) is 0 Å². The summed E-state index contributed by atoms with van der Waals surface area (Å²) in [5.74, 6) is 0.510. The number of hydrogen-bond donors (Lipinski definition) is 0. The summed E-state index contributed by atoms with van der Waals surface area (Å²) in [7, 11) is 0. The monoisotopic (exact) mass is 310 g/mol. The van der Waals surface area contributed by atoms with Gasteiger partial charge in [0.05, 0.1) is 5.56 Å². The number of carbonyl (C=O) groups excluding carboxylic acids is 1. The lowest BCUT2D eigenvalue weighted by Gasteiger charge is -2.15. The van der Waals surface area contributed by atoms with Crippen molar-refractivity contribution in [2.45, 2.75) is 52.4 Å². The van der Waals surface area contributed by atoms with Crippen LogP contribution in [0.15, 0.2) is 48.5 Å². The largest absolute Gasteiger partial charge is 0.422 e. The van der Waals surface area contributed by atoms with Gasteiger partial charge < -0.3 is 4.74 Å². The Kier molecular flexibility index (Phi) is 6.86. The minimum atomic E-state index is -0.271. The van der Waals surface area contributed by atoms with Gasteiger partial charge in [-0.1, -0.05) is 63.1 Å². The van der Waals surface area contributed by atoms with E-state index in [0.29, 0.717) is 5.56 Å². The van der Waals surface area contributed by atoms with E-state index in [2.05, 4.69) is 32.0 Å². The molecule has 0 atom stereocenters. The first-order chi connectivity index (χ1) is 11.3. The van der Waals surface area contributed by atoms with Gasteiger partial charge in [0.15, 0.2) is 0 Å². The van der Waals surface area contributed by atoms with Gasteiger partial charge in [-0.05, 0) is 48.9 Å². The van der Waals surface area contributed by atoms with Gasteiger partial charge in [-0.25, -0.2) is 4.79 Å². The zero-order valence-corrected chi connectivity index (χ0v) is 14.2. The zero-order valence-electron chi connectivity index (χ0n) is 14.2. The average Bonchev–Trinajstić information content (AvgIpc) is 2.60. The number of unbranched alkanes of at least 4 members (excludes halogenated alkanes) is 2. The quantitative estimate of drug-likeness (QED) is 0.469. The van der Waals surface area contributed by atoms with Crippen molar-refractivity contribution in [3.8, 4) is 5.75 Å². The average molecular weight is 310 g/mol. The SMILES string of the molecule is CCCCc1cccc(CCCC)c1OC(=O)c1ccccc1. The second-order valence-electron chi connectivity index (χ2n) is 5.87. The highest BCUT2D eigenvalue weighted by Crippen LogP contribution is 2.28. The first-order valence-electron chi connectivity index (χ1n) is 8.64. The summed E-state index contributed by atoms with van der Waals surface area (Å²) in [5, 5.41) is 0. The molecule has 0 spiro atoms. The molecule has 0 heterocycles. The van der Waals surface area contributed by atoms with Crippen LogP contribution < -0.4 is 4.74 Å². The van der Waals surface area contributed by atoms with E-state index in [4.69, 9.17) is 4.74 Å². The predicted molar refractivity (Wildman–Crippen MR) is 95.1 cm³/mol. The second kappa shape index (κ2) is 9.14. The molecule has 2 heteroatoms. The van der Waals surface area contributed by atoms with Gasteiger partial charge in [0, 0.05) is 0 Å². The van der Waals surface area contributed by atoms with Crippen LogP contribution in [0.3, 0.4) is 0 Å². The van der Waals surface area contributed by atoms with Gasteiger partial charge in [-0.3, -0.25) is 0 Å². The number of ether oxygens (including phenoxy) is 1. The van der Waals surface area contributed by atoms with Crippen molar-refractivity contribution in [2.75, 3.05) is 0 Å². The third kappa shape index (κ3) is 4.95. The van der Waals surface area contributed by atoms with Crippen molar-refractivity contribution in [1.82, 2.24) is 0 Å². The maximum atomic E-state index is 12.4. The Balaban J connectivity index is 2.27. The van der Waals surface area contributed by atoms with E-state index in [-0.39, 0.29) is 5.97 Å². The summed E-state index contributed by atoms with van der Waals surface area (Å²) < 4.78 is 5.82. The summed E-state index contributed by atoms with van der Waals surface area (Å²) >= 11 is 0.